The van der Waals surface area contributed by atoms with E-state index < -0.39 is 23.6 Å². The molecule has 2 aliphatic rings. The Labute approximate surface area is 160 Å². The maximum Gasteiger partial charge on any atom is 0.341 e. The van der Waals surface area contributed by atoms with Gasteiger partial charge in [0.05, 0.1) is 12.1 Å². The van der Waals surface area contributed by atoms with Crippen LogP contribution in [0.25, 0.3) is 0 Å². The Morgan fingerprint density at radius 2 is 2.07 bits per heavy atom. The molecule has 4 atom stereocenters. The van der Waals surface area contributed by atoms with Crippen molar-refractivity contribution in [1.29, 1.82) is 0 Å². The predicted molar refractivity (Wildman–Crippen MR) is 99.8 cm³/mol. The first-order chi connectivity index (χ1) is 12.6. The van der Waals surface area contributed by atoms with Gasteiger partial charge in [0, 0.05) is 18.7 Å². The molecule has 0 amide bonds. The molecule has 152 valence electrons. The van der Waals surface area contributed by atoms with Gasteiger partial charge in [0.25, 0.3) is 0 Å². The van der Waals surface area contributed by atoms with E-state index >= 15 is 0 Å². The summed E-state index contributed by atoms with van der Waals surface area (Å²) in [6.45, 7) is 9.68. The Kier molecular flexibility index (Phi) is 6.83. The van der Waals surface area contributed by atoms with Crippen LogP contribution in [0.4, 0.5) is 0 Å². The van der Waals surface area contributed by atoms with Crippen LogP contribution in [0.2, 0.25) is 0 Å². The fourth-order valence-corrected chi connectivity index (χ4v) is 3.63. The number of esters is 2. The van der Waals surface area contributed by atoms with Crippen LogP contribution < -0.4 is 0 Å². The lowest BCUT2D eigenvalue weighted by Gasteiger charge is -2.32. The third kappa shape index (κ3) is 4.25. The Morgan fingerprint density at radius 3 is 2.63 bits per heavy atom. The van der Waals surface area contributed by atoms with Crippen LogP contribution in [0.15, 0.2) is 23.3 Å². The number of carbonyl (C=O) groups excluding carboxylic acids is 2. The van der Waals surface area contributed by atoms with Gasteiger partial charge in [-0.1, -0.05) is 26.0 Å². The minimum atomic E-state index is -1.95. The molecule has 0 aromatic carbocycles. The third-order valence-electron chi connectivity index (χ3n) is 5.64. The fourth-order valence-electron chi connectivity index (χ4n) is 3.63. The summed E-state index contributed by atoms with van der Waals surface area (Å²) < 4.78 is 11.0. The van der Waals surface area contributed by atoms with Crippen molar-refractivity contribution in [3.05, 3.63) is 23.3 Å². The van der Waals surface area contributed by atoms with Crippen LogP contribution in [0, 0.1) is 5.92 Å². The van der Waals surface area contributed by atoms with Gasteiger partial charge in [0.2, 0.25) is 0 Å². The number of nitrogens with zero attached hydrogens (tertiary/aromatic N) is 1. The molecule has 0 spiro atoms. The van der Waals surface area contributed by atoms with E-state index in [4.69, 9.17) is 9.47 Å². The molecule has 2 rings (SSSR count). The molecule has 27 heavy (non-hydrogen) atoms. The van der Waals surface area contributed by atoms with E-state index in [1.165, 1.54) is 6.92 Å². The average molecular weight is 381 g/mol. The molecular weight excluding hydrogens is 350 g/mol. The maximum atomic E-state index is 12.4. The normalized spacial score (nSPS) is 26.4. The SMILES string of the molecule is CC=C(C)C(=O)O[C@H]1CCN2CC=C(COC(=O)[C@](O)(C(C)C)[C@@H](C)O)[C@H]12. The Hall–Kier alpha value is -1.70. The van der Waals surface area contributed by atoms with Crippen molar-refractivity contribution >= 4 is 11.9 Å². The molecule has 0 aromatic rings. The molecule has 0 aromatic heterocycles. The second kappa shape index (κ2) is 8.54. The zero-order chi connectivity index (χ0) is 20.4. The zero-order valence-electron chi connectivity index (χ0n) is 16.8. The van der Waals surface area contributed by atoms with E-state index in [0.717, 1.165) is 18.5 Å². The van der Waals surface area contributed by atoms with Crippen LogP contribution in [0.3, 0.4) is 0 Å². The number of fused-ring (bicyclic) bond motifs is 1. The lowest BCUT2D eigenvalue weighted by Crippen LogP contribution is -2.53. The highest BCUT2D eigenvalue weighted by Gasteiger charge is 2.47. The number of rotatable bonds is 7. The number of carbonyl (C=O) groups is 2. The van der Waals surface area contributed by atoms with Crippen molar-refractivity contribution in [1.82, 2.24) is 4.90 Å². The van der Waals surface area contributed by atoms with Crippen LogP contribution >= 0.6 is 0 Å². The second-order valence-corrected chi connectivity index (χ2v) is 7.66. The first kappa shape index (κ1) is 21.6. The van der Waals surface area contributed by atoms with Crippen molar-refractivity contribution in [3.8, 4) is 0 Å². The molecule has 0 radical (unpaired) electrons. The molecule has 2 N–H and O–H groups in total. The van der Waals surface area contributed by atoms with Crippen molar-refractivity contribution in [2.45, 2.75) is 64.9 Å². The minimum absolute atomic E-state index is 0.00159. The zero-order valence-corrected chi connectivity index (χ0v) is 16.8. The van der Waals surface area contributed by atoms with Gasteiger partial charge >= 0.3 is 11.9 Å². The summed E-state index contributed by atoms with van der Waals surface area (Å²) in [6.07, 6.45) is 2.87. The summed E-state index contributed by atoms with van der Waals surface area (Å²) in [4.78, 5) is 26.7. The van der Waals surface area contributed by atoms with Crippen LogP contribution in [0.1, 0.15) is 41.0 Å². The van der Waals surface area contributed by atoms with Crippen molar-refractivity contribution in [3.63, 3.8) is 0 Å². The summed E-state index contributed by atoms with van der Waals surface area (Å²) in [5.74, 6) is -1.68. The van der Waals surface area contributed by atoms with Gasteiger partial charge in [0.15, 0.2) is 5.60 Å². The van der Waals surface area contributed by atoms with Gasteiger partial charge in [-0.3, -0.25) is 4.90 Å². The summed E-state index contributed by atoms with van der Waals surface area (Å²) >= 11 is 0. The average Bonchev–Trinajstić information content (AvgIpc) is 3.20. The first-order valence-corrected chi connectivity index (χ1v) is 9.47. The maximum absolute atomic E-state index is 12.4. The van der Waals surface area contributed by atoms with E-state index in [9.17, 15) is 19.8 Å². The number of aliphatic hydroxyl groups excluding tert-OH is 1. The standard InChI is InChI=1S/C20H31NO6/c1-6-13(4)18(23)27-16-8-10-21-9-7-15(17(16)21)11-26-19(24)20(25,12(2)3)14(5)22/h6-7,12,14,16-17,22,25H,8-11H2,1-5H3/t14-,16+,17-,20+/m1/s1. The van der Waals surface area contributed by atoms with E-state index in [1.807, 2.05) is 6.08 Å². The van der Waals surface area contributed by atoms with Crippen molar-refractivity contribution in [2.24, 2.45) is 5.92 Å². The minimum Gasteiger partial charge on any atom is -0.459 e. The van der Waals surface area contributed by atoms with E-state index in [0.29, 0.717) is 12.1 Å². The van der Waals surface area contributed by atoms with Gasteiger partial charge in [-0.05, 0) is 38.7 Å². The Balaban J connectivity index is 2.03. The third-order valence-corrected chi connectivity index (χ3v) is 5.64. The molecule has 1 fully saturated rings. The van der Waals surface area contributed by atoms with Crippen LogP contribution in [-0.4, -0.2) is 70.6 Å². The molecule has 7 heteroatoms. The van der Waals surface area contributed by atoms with Crippen LogP contribution in [0.5, 0.6) is 0 Å². The largest absolute Gasteiger partial charge is 0.459 e. The van der Waals surface area contributed by atoms with Crippen molar-refractivity contribution < 1.29 is 29.3 Å². The lowest BCUT2D eigenvalue weighted by molar-refractivity contribution is -0.183. The lowest BCUT2D eigenvalue weighted by atomic mass is 9.85. The molecule has 7 nitrogen and oxygen atoms in total. The molecule has 0 unspecified atom stereocenters. The molecule has 0 saturated carbocycles. The number of hydrogen-bond donors (Lipinski definition) is 2. The molecule has 0 bridgehead atoms. The summed E-state index contributed by atoms with van der Waals surface area (Å²) in [5.41, 5.74) is -0.542. The Morgan fingerprint density at radius 1 is 1.41 bits per heavy atom. The number of allylic oxidation sites excluding steroid dienone is 1. The topological polar surface area (TPSA) is 96.3 Å². The highest BCUT2D eigenvalue weighted by atomic mass is 16.6. The van der Waals surface area contributed by atoms with Gasteiger partial charge in [-0.2, -0.15) is 0 Å². The van der Waals surface area contributed by atoms with E-state index in [2.05, 4.69) is 4.90 Å². The molecule has 2 heterocycles. The van der Waals surface area contributed by atoms with Gasteiger partial charge in [-0.25, -0.2) is 9.59 Å². The number of ether oxygens (including phenoxy) is 2. The smallest absolute Gasteiger partial charge is 0.341 e. The van der Waals surface area contributed by atoms with Crippen molar-refractivity contribution in [2.75, 3.05) is 19.7 Å². The monoisotopic (exact) mass is 381 g/mol. The Bertz CT molecular complexity index is 628. The quantitative estimate of drug-likeness (QED) is 0.388. The van der Waals surface area contributed by atoms with Crippen LogP contribution in [-0.2, 0) is 19.1 Å². The molecule has 1 saturated heterocycles. The van der Waals surface area contributed by atoms with Gasteiger partial charge in [-0.15, -0.1) is 0 Å². The fraction of sp³-hybridized carbons (Fsp3) is 0.700. The van der Waals surface area contributed by atoms with Gasteiger partial charge < -0.3 is 19.7 Å². The second-order valence-electron chi connectivity index (χ2n) is 7.66. The van der Waals surface area contributed by atoms with Gasteiger partial charge in [0.1, 0.15) is 12.7 Å². The summed E-state index contributed by atoms with van der Waals surface area (Å²) in [7, 11) is 0. The van der Waals surface area contributed by atoms with E-state index in [1.54, 1.807) is 33.8 Å². The highest BCUT2D eigenvalue weighted by molar-refractivity contribution is 5.87. The molecule has 2 aliphatic heterocycles. The molecular formula is C20H31NO6. The highest BCUT2D eigenvalue weighted by Crippen LogP contribution is 2.32. The summed E-state index contributed by atoms with van der Waals surface area (Å²) in [6, 6.07) is -0.120. The number of aliphatic hydroxyl groups is 2. The predicted octanol–water partition coefficient (Wildman–Crippen LogP) is 1.19. The van der Waals surface area contributed by atoms with E-state index in [-0.39, 0.29) is 24.7 Å². The first-order valence-electron chi connectivity index (χ1n) is 9.47. The molecule has 0 aliphatic carbocycles. The number of hydrogen-bond acceptors (Lipinski definition) is 7. The summed E-state index contributed by atoms with van der Waals surface area (Å²) in [5, 5.41) is 20.4.